The van der Waals surface area contributed by atoms with Crippen molar-refractivity contribution in [2.45, 2.75) is 44.2 Å². The minimum absolute atomic E-state index is 0.331. The van der Waals surface area contributed by atoms with Crippen LogP contribution in [0.4, 0.5) is 5.95 Å². The second kappa shape index (κ2) is 5.77. The summed E-state index contributed by atoms with van der Waals surface area (Å²) in [6, 6.07) is 1.07. The van der Waals surface area contributed by atoms with E-state index in [-0.39, 0.29) is 0 Å². The fourth-order valence-corrected chi connectivity index (χ4v) is 4.13. The molecule has 1 aliphatic heterocycles. The van der Waals surface area contributed by atoms with Crippen molar-refractivity contribution >= 4 is 17.1 Å². The Balaban J connectivity index is 1.58. The van der Waals surface area contributed by atoms with Gasteiger partial charge in [0.1, 0.15) is 0 Å². The third kappa shape index (κ3) is 2.45. The van der Waals surface area contributed by atoms with Crippen molar-refractivity contribution in [2.75, 3.05) is 18.4 Å². The van der Waals surface area contributed by atoms with E-state index in [9.17, 15) is 9.59 Å². The number of H-pyrrole nitrogens is 1. The van der Waals surface area contributed by atoms with Crippen LogP contribution in [-0.2, 0) is 14.1 Å². The molecule has 2 N–H and O–H groups in total. The summed E-state index contributed by atoms with van der Waals surface area (Å²) in [6.45, 7) is 2.13. The number of aromatic amines is 1. The Hall–Kier alpha value is -2.09. The normalized spacial score (nSPS) is 22.7. The molecule has 1 saturated heterocycles. The maximum absolute atomic E-state index is 12.1. The summed E-state index contributed by atoms with van der Waals surface area (Å²) in [5.74, 6) is 0.648. The van der Waals surface area contributed by atoms with Crippen molar-refractivity contribution in [1.82, 2.24) is 24.0 Å². The molecule has 1 saturated carbocycles. The maximum atomic E-state index is 12.1. The van der Waals surface area contributed by atoms with E-state index in [1.54, 1.807) is 18.7 Å². The third-order valence-electron chi connectivity index (χ3n) is 5.53. The lowest BCUT2D eigenvalue weighted by Gasteiger charge is -2.23. The van der Waals surface area contributed by atoms with Gasteiger partial charge in [0.25, 0.3) is 5.56 Å². The predicted molar refractivity (Wildman–Crippen MR) is 92.4 cm³/mol. The zero-order chi connectivity index (χ0) is 16.8. The van der Waals surface area contributed by atoms with Crippen molar-refractivity contribution in [3.63, 3.8) is 0 Å². The second-order valence-corrected chi connectivity index (χ2v) is 7.05. The summed E-state index contributed by atoms with van der Waals surface area (Å²) in [6.07, 6.45) is 6.41. The van der Waals surface area contributed by atoms with Crippen LogP contribution in [0, 0.1) is 0 Å². The first-order valence-corrected chi connectivity index (χ1v) is 8.71. The number of hydrogen-bond donors (Lipinski definition) is 2. The first-order chi connectivity index (χ1) is 11.5. The van der Waals surface area contributed by atoms with E-state index in [2.05, 4.69) is 20.2 Å². The number of anilines is 1. The molecular weight excluding hydrogens is 308 g/mol. The molecule has 24 heavy (non-hydrogen) atoms. The molecule has 0 aromatic carbocycles. The van der Waals surface area contributed by atoms with Gasteiger partial charge >= 0.3 is 5.69 Å². The van der Waals surface area contributed by atoms with Crippen LogP contribution in [0.25, 0.3) is 11.2 Å². The quantitative estimate of drug-likeness (QED) is 0.849. The Morgan fingerprint density at radius 2 is 1.88 bits per heavy atom. The Morgan fingerprint density at radius 1 is 1.12 bits per heavy atom. The largest absolute Gasteiger partial charge is 0.352 e. The molecule has 0 radical (unpaired) electrons. The average molecular weight is 332 g/mol. The highest BCUT2D eigenvalue weighted by molar-refractivity contribution is 5.73. The van der Waals surface area contributed by atoms with Crippen molar-refractivity contribution < 1.29 is 0 Å². The van der Waals surface area contributed by atoms with Gasteiger partial charge in [0, 0.05) is 39.3 Å². The van der Waals surface area contributed by atoms with Crippen LogP contribution in [0.15, 0.2) is 9.59 Å². The molecule has 130 valence electrons. The van der Waals surface area contributed by atoms with Gasteiger partial charge in [-0.1, -0.05) is 12.8 Å². The predicted octanol–water partition coefficient (Wildman–Crippen LogP) is 0.389. The van der Waals surface area contributed by atoms with Crippen LogP contribution in [0.5, 0.6) is 0 Å². The first kappa shape index (κ1) is 15.4. The van der Waals surface area contributed by atoms with Gasteiger partial charge < -0.3 is 9.88 Å². The van der Waals surface area contributed by atoms with Gasteiger partial charge in [-0.25, -0.2) is 4.79 Å². The molecule has 8 nitrogen and oxygen atoms in total. The van der Waals surface area contributed by atoms with E-state index in [1.165, 1.54) is 30.3 Å². The van der Waals surface area contributed by atoms with Crippen LogP contribution in [0.1, 0.15) is 32.1 Å². The number of likely N-dealkylation sites (tertiary alicyclic amines) is 1. The monoisotopic (exact) mass is 332 g/mol. The molecule has 1 aliphatic carbocycles. The highest BCUT2D eigenvalue weighted by Gasteiger charge is 2.30. The number of nitrogens with zero attached hydrogens (tertiary/aromatic N) is 4. The highest BCUT2D eigenvalue weighted by Crippen LogP contribution is 2.27. The van der Waals surface area contributed by atoms with Crippen LogP contribution >= 0.6 is 0 Å². The van der Waals surface area contributed by atoms with Gasteiger partial charge in [0.05, 0.1) is 0 Å². The van der Waals surface area contributed by atoms with Crippen molar-refractivity contribution in [3.05, 3.63) is 20.8 Å². The zero-order valence-corrected chi connectivity index (χ0v) is 14.2. The Kier molecular flexibility index (Phi) is 3.71. The topological polar surface area (TPSA) is 88.0 Å². The van der Waals surface area contributed by atoms with Gasteiger partial charge in [-0.15, -0.1) is 0 Å². The molecule has 4 rings (SSSR count). The molecular formula is C16H24N6O2. The number of nitrogens with one attached hydrogen (secondary N) is 2. The van der Waals surface area contributed by atoms with Gasteiger partial charge in [-0.2, -0.15) is 4.98 Å². The van der Waals surface area contributed by atoms with E-state index in [0.717, 1.165) is 25.6 Å². The fraction of sp³-hybridized carbons (Fsp3) is 0.688. The number of fused-ring (bicyclic) bond motifs is 1. The smallest absolute Gasteiger partial charge is 0.329 e. The molecule has 3 heterocycles. The Labute approximate surface area is 139 Å². The lowest BCUT2D eigenvalue weighted by Crippen LogP contribution is -2.33. The van der Waals surface area contributed by atoms with Crippen molar-refractivity contribution in [3.8, 4) is 0 Å². The van der Waals surface area contributed by atoms with Gasteiger partial charge in [-0.05, 0) is 19.3 Å². The summed E-state index contributed by atoms with van der Waals surface area (Å²) in [7, 11) is 3.43. The first-order valence-electron chi connectivity index (χ1n) is 8.71. The molecule has 2 aromatic rings. The lowest BCUT2D eigenvalue weighted by molar-refractivity contribution is 0.245. The van der Waals surface area contributed by atoms with E-state index in [1.807, 2.05) is 0 Å². The standard InChI is InChI=1S/C16H24N6O2/c1-20-12-13(21(2)16(24)19-14(12)23)18-15(20)17-10-7-8-22(9-10)11-5-3-4-6-11/h10-11H,3-9H2,1-2H3,(H,17,18)(H,19,23,24). The van der Waals surface area contributed by atoms with Crippen LogP contribution in [-0.4, -0.2) is 49.2 Å². The molecule has 0 bridgehead atoms. The number of aromatic nitrogens is 4. The number of imidazole rings is 1. The van der Waals surface area contributed by atoms with Crippen LogP contribution < -0.4 is 16.6 Å². The molecule has 8 heteroatoms. The summed E-state index contributed by atoms with van der Waals surface area (Å²) in [4.78, 5) is 33.2. The third-order valence-corrected chi connectivity index (χ3v) is 5.53. The molecule has 1 unspecified atom stereocenters. The summed E-state index contributed by atoms with van der Waals surface area (Å²) in [5, 5.41) is 3.47. The van der Waals surface area contributed by atoms with Crippen molar-refractivity contribution in [2.24, 2.45) is 14.1 Å². The van der Waals surface area contributed by atoms with Gasteiger partial charge in [-0.3, -0.25) is 19.2 Å². The second-order valence-electron chi connectivity index (χ2n) is 7.05. The highest BCUT2D eigenvalue weighted by atomic mass is 16.2. The zero-order valence-electron chi connectivity index (χ0n) is 14.2. The molecule has 0 amide bonds. The lowest BCUT2D eigenvalue weighted by atomic mass is 10.2. The molecule has 2 fully saturated rings. The molecule has 2 aliphatic rings. The maximum Gasteiger partial charge on any atom is 0.329 e. The summed E-state index contributed by atoms with van der Waals surface area (Å²) < 4.78 is 3.12. The van der Waals surface area contributed by atoms with Gasteiger partial charge in [0.2, 0.25) is 5.95 Å². The minimum atomic E-state index is -0.439. The molecule has 1 atom stereocenters. The fourth-order valence-electron chi connectivity index (χ4n) is 4.13. The molecule has 2 aromatic heterocycles. The minimum Gasteiger partial charge on any atom is -0.352 e. The van der Waals surface area contributed by atoms with E-state index >= 15 is 0 Å². The number of rotatable bonds is 3. The van der Waals surface area contributed by atoms with Crippen LogP contribution in [0.3, 0.4) is 0 Å². The number of hydrogen-bond acceptors (Lipinski definition) is 5. The SMILES string of the molecule is Cn1c(NC2CCN(C3CCCC3)C2)nc2c1c(=O)[nH]c(=O)n2C. The van der Waals surface area contributed by atoms with Gasteiger partial charge in [0.15, 0.2) is 11.2 Å². The Bertz CT molecular complexity index is 873. The van der Waals surface area contributed by atoms with E-state index in [4.69, 9.17) is 0 Å². The summed E-state index contributed by atoms with van der Waals surface area (Å²) in [5.41, 5.74) is 0.00483. The summed E-state index contributed by atoms with van der Waals surface area (Å²) >= 11 is 0. The average Bonchev–Trinajstić information content (AvgIpc) is 3.26. The number of aryl methyl sites for hydroxylation is 2. The van der Waals surface area contributed by atoms with E-state index in [0.29, 0.717) is 23.2 Å². The Morgan fingerprint density at radius 3 is 2.62 bits per heavy atom. The molecule has 0 spiro atoms. The van der Waals surface area contributed by atoms with Crippen molar-refractivity contribution in [1.29, 1.82) is 0 Å². The van der Waals surface area contributed by atoms with E-state index < -0.39 is 11.2 Å². The van der Waals surface area contributed by atoms with Crippen LogP contribution in [0.2, 0.25) is 0 Å².